The fourth-order valence-corrected chi connectivity index (χ4v) is 5.40. The molecule has 1 aliphatic carbocycles. The molecule has 0 fully saturated rings. The van der Waals surface area contributed by atoms with Gasteiger partial charge in [-0.3, -0.25) is 19.6 Å². The van der Waals surface area contributed by atoms with Crippen LogP contribution >= 0.6 is 11.6 Å². The normalized spacial score (nSPS) is 15.4. The molecule has 2 aromatic carbocycles. The molecule has 1 aliphatic rings. The van der Waals surface area contributed by atoms with Gasteiger partial charge in [-0.05, 0) is 61.7 Å². The summed E-state index contributed by atoms with van der Waals surface area (Å²) in [5.41, 5.74) is 7.18. The Morgan fingerprint density at radius 1 is 1.23 bits per heavy atom. The number of fused-ring (bicyclic) bond motifs is 1. The zero-order valence-electron chi connectivity index (χ0n) is 18.5. The maximum Gasteiger partial charge on any atom is 0.325 e. The van der Waals surface area contributed by atoms with Crippen LogP contribution in [0.5, 0.6) is 11.5 Å². The van der Waals surface area contributed by atoms with Crippen LogP contribution in [0.15, 0.2) is 53.6 Å². The largest absolute Gasteiger partial charge is 0.480 e. The Hall–Kier alpha value is -3.41. The van der Waals surface area contributed by atoms with E-state index in [0.29, 0.717) is 24.2 Å². The van der Waals surface area contributed by atoms with Crippen LogP contribution in [0, 0.1) is 0 Å². The van der Waals surface area contributed by atoms with E-state index >= 15 is 0 Å². The first-order valence-electron chi connectivity index (χ1n) is 10.7. The minimum Gasteiger partial charge on any atom is -0.480 e. The molecule has 0 radical (unpaired) electrons. The van der Waals surface area contributed by atoms with Gasteiger partial charge in [-0.25, -0.2) is 8.42 Å². The van der Waals surface area contributed by atoms with Crippen molar-refractivity contribution in [2.45, 2.75) is 36.7 Å². The molecular weight excluding hydrogens is 496 g/mol. The van der Waals surface area contributed by atoms with Gasteiger partial charge in [-0.1, -0.05) is 11.6 Å². The van der Waals surface area contributed by atoms with Gasteiger partial charge < -0.3 is 15.6 Å². The van der Waals surface area contributed by atoms with E-state index in [1.165, 1.54) is 35.0 Å². The lowest BCUT2D eigenvalue weighted by atomic mass is 9.93. The lowest BCUT2D eigenvalue weighted by molar-refractivity contribution is -0.137. The average Bonchev–Trinajstić information content (AvgIpc) is 3.22. The molecule has 1 heterocycles. The van der Waals surface area contributed by atoms with Gasteiger partial charge >= 0.3 is 5.97 Å². The molecule has 1 amide bonds. The number of nitrogens with zero attached hydrogens (tertiary/aromatic N) is 2. The summed E-state index contributed by atoms with van der Waals surface area (Å²) in [5.74, 6) is -1.21. The molecule has 4 rings (SSSR count). The molecule has 3 aromatic rings. The van der Waals surface area contributed by atoms with Crippen molar-refractivity contribution in [2.24, 2.45) is 5.73 Å². The first-order valence-corrected chi connectivity index (χ1v) is 12.8. The number of aliphatic carboxylic acids is 1. The summed E-state index contributed by atoms with van der Waals surface area (Å²) in [6.07, 6.45) is 3.79. The summed E-state index contributed by atoms with van der Waals surface area (Å²) < 4.78 is 33.0. The predicted octanol–water partition coefficient (Wildman–Crippen LogP) is 2.91. The standard InChI is InChI=1S/C23H23ClN4O6S/c24-18-10-16(8-9-21(18)34-15-6-4-14(5-7-15)23(25)31)35(32,33)13-26-19-2-1-3-20-17(19)11-27-28(20)12-22(29)30/h4-11,19,26H,1-3,12-13H2,(H2,25,31)(H,29,30)/t19-/m1/s1. The molecule has 35 heavy (non-hydrogen) atoms. The summed E-state index contributed by atoms with van der Waals surface area (Å²) in [4.78, 5) is 22.3. The first-order chi connectivity index (χ1) is 16.6. The van der Waals surface area contributed by atoms with E-state index in [1.807, 2.05) is 0 Å². The van der Waals surface area contributed by atoms with Crippen LogP contribution in [0.3, 0.4) is 0 Å². The fourth-order valence-electron chi connectivity index (χ4n) is 3.96. The lowest BCUT2D eigenvalue weighted by Crippen LogP contribution is -2.30. The minimum atomic E-state index is -3.73. The number of amides is 1. The van der Waals surface area contributed by atoms with Crippen LogP contribution < -0.4 is 15.8 Å². The fraction of sp³-hybridized carbons (Fsp3) is 0.261. The topological polar surface area (TPSA) is 154 Å². The van der Waals surface area contributed by atoms with Crippen LogP contribution in [-0.4, -0.2) is 41.1 Å². The van der Waals surface area contributed by atoms with Gasteiger partial charge in [-0.2, -0.15) is 5.10 Å². The van der Waals surface area contributed by atoms with E-state index in [9.17, 15) is 18.0 Å². The highest BCUT2D eigenvalue weighted by molar-refractivity contribution is 7.91. The molecule has 184 valence electrons. The number of nitrogens with two attached hydrogens (primary N) is 1. The number of sulfone groups is 1. The number of aromatic nitrogens is 2. The second-order valence-corrected chi connectivity index (χ2v) is 10.5. The number of carbonyl (C=O) groups is 2. The molecular formula is C23H23ClN4O6S. The smallest absolute Gasteiger partial charge is 0.325 e. The molecule has 0 aliphatic heterocycles. The van der Waals surface area contributed by atoms with Crippen molar-refractivity contribution < 1.29 is 27.9 Å². The van der Waals surface area contributed by atoms with Gasteiger partial charge in [0.2, 0.25) is 5.91 Å². The van der Waals surface area contributed by atoms with Crippen molar-refractivity contribution in [1.82, 2.24) is 15.1 Å². The van der Waals surface area contributed by atoms with Crippen molar-refractivity contribution in [2.75, 3.05) is 5.88 Å². The van der Waals surface area contributed by atoms with Crippen molar-refractivity contribution in [3.05, 3.63) is 70.5 Å². The van der Waals surface area contributed by atoms with Crippen LogP contribution in [0.2, 0.25) is 5.02 Å². The Labute approximate surface area is 206 Å². The molecule has 0 bridgehead atoms. The van der Waals surface area contributed by atoms with Gasteiger partial charge in [0.1, 0.15) is 23.9 Å². The van der Waals surface area contributed by atoms with Gasteiger partial charge in [0, 0.05) is 22.9 Å². The summed E-state index contributed by atoms with van der Waals surface area (Å²) in [5, 5.41) is 16.4. The Balaban J connectivity index is 1.44. The number of benzene rings is 2. The van der Waals surface area contributed by atoms with Gasteiger partial charge in [0.05, 0.1) is 16.1 Å². The maximum atomic E-state index is 13.0. The van der Waals surface area contributed by atoms with Crippen LogP contribution in [0.25, 0.3) is 0 Å². The number of carboxylic acids is 1. The predicted molar refractivity (Wildman–Crippen MR) is 127 cm³/mol. The zero-order valence-corrected chi connectivity index (χ0v) is 20.1. The van der Waals surface area contributed by atoms with Gasteiger partial charge in [0.25, 0.3) is 0 Å². The summed E-state index contributed by atoms with van der Waals surface area (Å²) in [6.45, 7) is -0.234. The van der Waals surface area contributed by atoms with Crippen molar-refractivity contribution in [3.63, 3.8) is 0 Å². The Morgan fingerprint density at radius 2 is 1.97 bits per heavy atom. The Morgan fingerprint density at radius 3 is 2.63 bits per heavy atom. The number of ether oxygens (including phenoxy) is 1. The summed E-state index contributed by atoms with van der Waals surface area (Å²) in [7, 11) is -3.73. The molecule has 12 heteroatoms. The number of rotatable bonds is 9. The van der Waals surface area contributed by atoms with Gasteiger partial charge in [0.15, 0.2) is 9.84 Å². The van der Waals surface area contributed by atoms with Crippen molar-refractivity contribution >= 4 is 33.3 Å². The Kier molecular flexibility index (Phi) is 7.10. The quantitative estimate of drug-likeness (QED) is 0.390. The molecule has 1 aromatic heterocycles. The third kappa shape index (κ3) is 5.64. The third-order valence-corrected chi connectivity index (χ3v) is 7.51. The highest BCUT2D eigenvalue weighted by Gasteiger charge is 2.26. The SMILES string of the molecule is NC(=O)c1ccc(Oc2ccc(S(=O)(=O)CN[C@@H]3CCCc4c3cnn4CC(=O)O)cc2Cl)cc1. The number of halogens is 1. The van der Waals surface area contributed by atoms with E-state index in [0.717, 1.165) is 17.7 Å². The summed E-state index contributed by atoms with van der Waals surface area (Å²) in [6, 6.07) is 10.1. The molecule has 0 saturated heterocycles. The van der Waals surface area contributed by atoms with Crippen molar-refractivity contribution in [1.29, 1.82) is 0 Å². The highest BCUT2D eigenvalue weighted by atomic mass is 35.5. The third-order valence-electron chi connectivity index (χ3n) is 5.70. The first kappa shape index (κ1) is 24.7. The van der Waals surface area contributed by atoms with Crippen LogP contribution in [0.1, 0.15) is 40.5 Å². The molecule has 10 nitrogen and oxygen atoms in total. The van der Waals surface area contributed by atoms with E-state index in [4.69, 9.17) is 27.2 Å². The number of primary amides is 1. The van der Waals surface area contributed by atoms with E-state index < -0.39 is 21.7 Å². The number of nitrogens with one attached hydrogen (secondary N) is 1. The lowest BCUT2D eigenvalue weighted by Gasteiger charge is -2.24. The minimum absolute atomic E-state index is 0.0315. The monoisotopic (exact) mass is 518 g/mol. The average molecular weight is 519 g/mol. The number of hydrogen-bond acceptors (Lipinski definition) is 7. The zero-order chi connectivity index (χ0) is 25.2. The second-order valence-electron chi connectivity index (χ2n) is 8.09. The Bertz CT molecular complexity index is 1370. The van der Waals surface area contributed by atoms with E-state index in [1.54, 1.807) is 18.3 Å². The molecule has 0 spiro atoms. The maximum absolute atomic E-state index is 13.0. The van der Waals surface area contributed by atoms with Gasteiger partial charge in [-0.15, -0.1) is 0 Å². The van der Waals surface area contributed by atoms with Crippen molar-refractivity contribution in [3.8, 4) is 11.5 Å². The molecule has 4 N–H and O–H groups in total. The number of carbonyl (C=O) groups excluding carboxylic acids is 1. The highest BCUT2D eigenvalue weighted by Crippen LogP contribution is 2.33. The summed E-state index contributed by atoms with van der Waals surface area (Å²) >= 11 is 6.28. The van der Waals surface area contributed by atoms with Crippen LogP contribution in [0.4, 0.5) is 0 Å². The number of hydrogen-bond donors (Lipinski definition) is 3. The molecule has 0 unspecified atom stereocenters. The van der Waals surface area contributed by atoms with E-state index in [2.05, 4.69) is 10.4 Å². The molecule has 0 saturated carbocycles. The van der Waals surface area contributed by atoms with E-state index in [-0.39, 0.29) is 34.1 Å². The molecule has 1 atom stereocenters. The second kappa shape index (κ2) is 10.1. The van der Waals surface area contributed by atoms with Crippen LogP contribution in [-0.2, 0) is 27.6 Å². The number of carboxylic acid groups (broad SMARTS) is 1.